The number of alkyl carbamates (subject to hydrolysis) is 1. The molecule has 1 aliphatic rings. The Kier molecular flexibility index (Phi) is 7.65. The summed E-state index contributed by atoms with van der Waals surface area (Å²) in [6.45, 7) is 6.27. The second-order valence-corrected chi connectivity index (χ2v) is 10.4. The van der Waals surface area contributed by atoms with Gasteiger partial charge in [0.1, 0.15) is 17.2 Å². The van der Waals surface area contributed by atoms with Crippen molar-refractivity contribution >= 4 is 27.8 Å². The highest BCUT2D eigenvalue weighted by Gasteiger charge is 2.40. The fourth-order valence-electron chi connectivity index (χ4n) is 2.75. The Morgan fingerprint density at radius 1 is 1.26 bits per heavy atom. The zero-order chi connectivity index (χ0) is 20.9. The van der Waals surface area contributed by atoms with Crippen molar-refractivity contribution < 1.29 is 33.2 Å². The minimum atomic E-state index is -3.07. The number of esters is 1. The maximum absolute atomic E-state index is 12.5. The number of rotatable bonds is 9. The molecule has 1 fully saturated rings. The molecular formula is C17H30N2O7S. The molecule has 0 unspecified atom stereocenters. The van der Waals surface area contributed by atoms with Gasteiger partial charge in [-0.2, -0.15) is 0 Å². The predicted molar refractivity (Wildman–Crippen MR) is 99.0 cm³/mol. The first-order chi connectivity index (χ1) is 12.2. The number of ether oxygens (including phenoxy) is 2. The molecule has 0 aromatic heterocycles. The highest BCUT2D eigenvalue weighted by atomic mass is 32.2. The third kappa shape index (κ3) is 8.59. The largest absolute Gasteiger partial charge is 0.480 e. The van der Waals surface area contributed by atoms with Gasteiger partial charge in [0.25, 0.3) is 0 Å². The number of hydrogen-bond acceptors (Lipinski definition) is 7. The zero-order valence-corrected chi connectivity index (χ0v) is 17.1. The van der Waals surface area contributed by atoms with Crippen molar-refractivity contribution in [3.05, 3.63) is 0 Å². The highest BCUT2D eigenvalue weighted by molar-refractivity contribution is 7.92. The molecule has 1 aliphatic carbocycles. The summed E-state index contributed by atoms with van der Waals surface area (Å²) in [4.78, 5) is 34.3. The topological polar surface area (TPSA) is 143 Å². The minimum absolute atomic E-state index is 0.0130. The highest BCUT2D eigenvalue weighted by Crippen LogP contribution is 2.39. The number of carboxylic acids is 1. The summed E-state index contributed by atoms with van der Waals surface area (Å²) in [5.74, 6) is -1.86. The van der Waals surface area contributed by atoms with E-state index in [4.69, 9.17) is 14.3 Å². The first kappa shape index (κ1) is 23.2. The van der Waals surface area contributed by atoms with Gasteiger partial charge in [-0.1, -0.05) is 0 Å². The summed E-state index contributed by atoms with van der Waals surface area (Å²) in [5.41, 5.74) is -1.42. The number of amides is 1. The molecule has 0 spiro atoms. The Balaban J connectivity index is 2.57. The average Bonchev–Trinajstić information content (AvgIpc) is 2.43. The van der Waals surface area contributed by atoms with Crippen molar-refractivity contribution in [2.75, 3.05) is 11.5 Å². The Hall–Kier alpha value is -1.84. The fourth-order valence-corrected chi connectivity index (χ4v) is 4.27. The third-order valence-electron chi connectivity index (χ3n) is 4.24. The van der Waals surface area contributed by atoms with Crippen LogP contribution in [0.1, 0.15) is 59.8 Å². The number of hydrogen-bond donors (Lipinski definition) is 3. The maximum Gasteiger partial charge on any atom is 0.408 e. The van der Waals surface area contributed by atoms with E-state index in [1.54, 1.807) is 20.8 Å². The van der Waals surface area contributed by atoms with E-state index in [9.17, 15) is 23.7 Å². The van der Waals surface area contributed by atoms with Gasteiger partial charge >= 0.3 is 18.0 Å². The molecule has 0 bridgehead atoms. The van der Waals surface area contributed by atoms with Crippen LogP contribution >= 0.6 is 0 Å². The van der Waals surface area contributed by atoms with Crippen LogP contribution in [0.4, 0.5) is 4.79 Å². The van der Waals surface area contributed by atoms with E-state index in [1.807, 2.05) is 0 Å². The summed E-state index contributed by atoms with van der Waals surface area (Å²) >= 11 is 0. The van der Waals surface area contributed by atoms with Crippen molar-refractivity contribution in [3.8, 4) is 0 Å². The predicted octanol–water partition coefficient (Wildman–Crippen LogP) is 2.28. The Morgan fingerprint density at radius 3 is 2.26 bits per heavy atom. The van der Waals surface area contributed by atoms with Crippen LogP contribution in [-0.2, 0) is 28.8 Å². The SMILES string of the molecule is CC(=O)OC1(CC[S@](=N)(=O)CC[C@H](NC(=O)OC(C)(C)C)C(=O)O)CCC1. The molecule has 2 atom stereocenters. The van der Waals surface area contributed by atoms with Crippen LogP contribution in [0.2, 0.25) is 0 Å². The second kappa shape index (κ2) is 8.90. The van der Waals surface area contributed by atoms with Crippen LogP contribution in [0.5, 0.6) is 0 Å². The van der Waals surface area contributed by atoms with Crippen LogP contribution < -0.4 is 5.32 Å². The zero-order valence-electron chi connectivity index (χ0n) is 16.3. The first-order valence-electron chi connectivity index (χ1n) is 8.90. The lowest BCUT2D eigenvalue weighted by atomic mass is 9.78. The minimum Gasteiger partial charge on any atom is -0.480 e. The van der Waals surface area contributed by atoms with Gasteiger partial charge in [0, 0.05) is 28.2 Å². The van der Waals surface area contributed by atoms with E-state index in [0.717, 1.165) is 6.42 Å². The van der Waals surface area contributed by atoms with Crippen molar-refractivity contribution in [2.24, 2.45) is 0 Å². The molecule has 10 heteroatoms. The Morgan fingerprint density at radius 2 is 1.85 bits per heavy atom. The molecule has 0 aliphatic heterocycles. The molecule has 9 nitrogen and oxygen atoms in total. The molecule has 156 valence electrons. The smallest absolute Gasteiger partial charge is 0.408 e. The van der Waals surface area contributed by atoms with Crippen LogP contribution in [-0.4, -0.2) is 56.1 Å². The lowest BCUT2D eigenvalue weighted by Crippen LogP contribution is -2.45. The lowest BCUT2D eigenvalue weighted by Gasteiger charge is -2.41. The van der Waals surface area contributed by atoms with E-state index < -0.39 is 45.0 Å². The standard InChI is InChI=1S/C17H30N2O7S/c1-12(20)25-17(7-5-8-17)9-11-27(18,24)10-6-13(14(21)22)19-15(23)26-16(2,3)4/h13,18H,5-11H2,1-4H3,(H,19,23)(H,21,22)/t13-,27+/m0/s1. The monoisotopic (exact) mass is 406 g/mol. The number of carbonyl (C=O) groups excluding carboxylic acids is 2. The number of carboxylic acid groups (broad SMARTS) is 1. The van der Waals surface area contributed by atoms with E-state index in [-0.39, 0.29) is 17.9 Å². The van der Waals surface area contributed by atoms with Crippen molar-refractivity contribution in [3.63, 3.8) is 0 Å². The van der Waals surface area contributed by atoms with Gasteiger partial charge < -0.3 is 19.9 Å². The second-order valence-electron chi connectivity index (χ2n) is 7.93. The van der Waals surface area contributed by atoms with Gasteiger partial charge in [-0.05, 0) is 52.9 Å². The molecular weight excluding hydrogens is 376 g/mol. The van der Waals surface area contributed by atoms with Crippen LogP contribution in [0, 0.1) is 4.78 Å². The molecule has 0 aromatic carbocycles. The summed E-state index contributed by atoms with van der Waals surface area (Å²) < 4.78 is 30.8. The van der Waals surface area contributed by atoms with Gasteiger partial charge in [-0.25, -0.2) is 13.8 Å². The third-order valence-corrected chi connectivity index (χ3v) is 6.00. The normalized spacial score (nSPS) is 19.1. The summed E-state index contributed by atoms with van der Waals surface area (Å²) in [5, 5.41) is 11.5. The molecule has 0 heterocycles. The molecule has 0 saturated heterocycles. The van der Waals surface area contributed by atoms with Gasteiger partial charge in [0.15, 0.2) is 0 Å². The molecule has 0 aromatic rings. The van der Waals surface area contributed by atoms with Crippen LogP contribution in [0.3, 0.4) is 0 Å². The number of carbonyl (C=O) groups is 3. The Labute approximate surface area is 160 Å². The van der Waals surface area contributed by atoms with Gasteiger partial charge in [0.05, 0.1) is 0 Å². The summed E-state index contributed by atoms with van der Waals surface area (Å²) in [7, 11) is -3.07. The van der Waals surface area contributed by atoms with Crippen molar-refractivity contribution in [1.82, 2.24) is 5.32 Å². The molecule has 1 saturated carbocycles. The van der Waals surface area contributed by atoms with Crippen LogP contribution in [0.15, 0.2) is 0 Å². The Bertz CT molecular complexity index is 663. The first-order valence-corrected chi connectivity index (χ1v) is 10.8. The van der Waals surface area contributed by atoms with Gasteiger partial charge in [0.2, 0.25) is 0 Å². The summed E-state index contributed by atoms with van der Waals surface area (Å²) in [6, 6.07) is -1.29. The average molecular weight is 407 g/mol. The fraction of sp³-hybridized carbons (Fsp3) is 0.824. The van der Waals surface area contributed by atoms with E-state index >= 15 is 0 Å². The van der Waals surface area contributed by atoms with Crippen molar-refractivity contribution in [2.45, 2.75) is 77.0 Å². The van der Waals surface area contributed by atoms with E-state index in [0.29, 0.717) is 19.3 Å². The van der Waals surface area contributed by atoms with Crippen molar-refractivity contribution in [1.29, 1.82) is 4.78 Å². The molecule has 1 rings (SSSR count). The maximum atomic E-state index is 12.5. The van der Waals surface area contributed by atoms with Gasteiger partial charge in [-0.15, -0.1) is 0 Å². The number of nitrogens with one attached hydrogen (secondary N) is 2. The van der Waals surface area contributed by atoms with Gasteiger partial charge in [-0.3, -0.25) is 9.57 Å². The summed E-state index contributed by atoms with van der Waals surface area (Å²) in [6.07, 6.45) is 1.55. The van der Waals surface area contributed by atoms with Crippen LogP contribution in [0.25, 0.3) is 0 Å². The van der Waals surface area contributed by atoms with E-state index in [2.05, 4.69) is 5.32 Å². The quantitative estimate of drug-likeness (QED) is 0.498. The number of aliphatic carboxylic acids is 1. The van der Waals surface area contributed by atoms with E-state index in [1.165, 1.54) is 6.92 Å². The molecule has 1 amide bonds. The lowest BCUT2D eigenvalue weighted by molar-refractivity contribution is -0.167. The molecule has 27 heavy (non-hydrogen) atoms. The molecule has 0 radical (unpaired) electrons. The molecule has 3 N–H and O–H groups in total.